The number of hydrogen-bond donors (Lipinski definition) is 2. The van der Waals surface area contributed by atoms with E-state index in [4.69, 9.17) is 9.84 Å². The number of nitrogens with one attached hydrogen (secondary N) is 1. The Balaban J connectivity index is 3.49. The number of urea groups is 1. The van der Waals surface area contributed by atoms with Crippen molar-refractivity contribution in [2.75, 3.05) is 54.0 Å². The summed E-state index contributed by atoms with van der Waals surface area (Å²) in [6.45, 7) is 2.53. The third-order valence-corrected chi connectivity index (χ3v) is 2.21. The van der Waals surface area contributed by atoms with Crippen molar-refractivity contribution in [3.8, 4) is 0 Å². The molecule has 2 N–H and O–H groups in total. The van der Waals surface area contributed by atoms with E-state index in [1.54, 1.807) is 7.05 Å². The molecule has 0 radical (unpaired) electrons. The Hall–Kier alpha value is -1.34. The number of carboxylic acids is 1. The van der Waals surface area contributed by atoms with Gasteiger partial charge in [-0.15, -0.1) is 0 Å². The van der Waals surface area contributed by atoms with Crippen LogP contribution in [0.1, 0.15) is 6.42 Å². The second-order valence-corrected chi connectivity index (χ2v) is 4.21. The highest BCUT2D eigenvalue weighted by Crippen LogP contribution is 1.88. The van der Waals surface area contributed by atoms with E-state index in [9.17, 15) is 9.59 Å². The quantitative estimate of drug-likeness (QED) is 0.556. The molecule has 0 aliphatic rings. The molecule has 0 aromatic carbocycles. The summed E-state index contributed by atoms with van der Waals surface area (Å²) in [6.07, 6.45) is -0.0523. The zero-order valence-corrected chi connectivity index (χ0v) is 11.3. The third kappa shape index (κ3) is 9.86. The van der Waals surface area contributed by atoms with Crippen LogP contribution in [-0.2, 0) is 9.53 Å². The number of likely N-dealkylation sites (N-methyl/N-ethyl adjacent to an activating group) is 1. The van der Waals surface area contributed by atoms with Crippen LogP contribution in [0.3, 0.4) is 0 Å². The van der Waals surface area contributed by atoms with Gasteiger partial charge in [-0.25, -0.2) is 4.79 Å². The molecule has 7 nitrogen and oxygen atoms in total. The molecule has 0 heterocycles. The normalized spacial score (nSPS) is 10.4. The standard InChI is InChI=1S/C11H23N3O4/c1-13(2)7-9-18-8-5-12-11(17)14(3)6-4-10(15)16/h4-9H2,1-3H3,(H,12,17)(H,15,16). The fourth-order valence-electron chi connectivity index (χ4n) is 1.08. The number of amides is 2. The van der Waals surface area contributed by atoms with Crippen molar-refractivity contribution in [1.29, 1.82) is 0 Å². The molecule has 18 heavy (non-hydrogen) atoms. The van der Waals surface area contributed by atoms with Crippen molar-refractivity contribution in [3.63, 3.8) is 0 Å². The van der Waals surface area contributed by atoms with Gasteiger partial charge in [0.1, 0.15) is 0 Å². The van der Waals surface area contributed by atoms with E-state index in [1.807, 2.05) is 19.0 Å². The third-order valence-electron chi connectivity index (χ3n) is 2.21. The largest absolute Gasteiger partial charge is 0.481 e. The van der Waals surface area contributed by atoms with Gasteiger partial charge >= 0.3 is 12.0 Å². The van der Waals surface area contributed by atoms with Crippen LogP contribution >= 0.6 is 0 Å². The molecule has 106 valence electrons. The molecule has 0 spiro atoms. The maximum atomic E-state index is 11.5. The van der Waals surface area contributed by atoms with Gasteiger partial charge in [0.05, 0.1) is 19.6 Å². The molecular weight excluding hydrogens is 238 g/mol. The number of rotatable bonds is 9. The van der Waals surface area contributed by atoms with Crippen LogP contribution in [0, 0.1) is 0 Å². The minimum atomic E-state index is -0.915. The van der Waals surface area contributed by atoms with Gasteiger partial charge in [-0.1, -0.05) is 0 Å². The summed E-state index contributed by atoms with van der Waals surface area (Å²) in [7, 11) is 5.48. The van der Waals surface area contributed by atoms with Gasteiger partial charge in [-0.2, -0.15) is 0 Å². The lowest BCUT2D eigenvalue weighted by Crippen LogP contribution is -2.39. The van der Waals surface area contributed by atoms with E-state index in [1.165, 1.54) is 4.90 Å². The lowest BCUT2D eigenvalue weighted by atomic mass is 10.4. The molecule has 0 atom stereocenters. The predicted octanol–water partition coefficient (Wildman–Crippen LogP) is -0.319. The first-order valence-corrected chi connectivity index (χ1v) is 5.86. The van der Waals surface area contributed by atoms with Gasteiger partial charge in [0.2, 0.25) is 0 Å². The van der Waals surface area contributed by atoms with Crippen molar-refractivity contribution in [2.45, 2.75) is 6.42 Å². The molecule has 0 aromatic rings. The Bertz CT molecular complexity index is 259. The number of carbonyl (C=O) groups excluding carboxylic acids is 1. The van der Waals surface area contributed by atoms with Crippen LogP contribution in [0.5, 0.6) is 0 Å². The number of ether oxygens (including phenoxy) is 1. The number of aliphatic carboxylic acids is 1. The molecule has 0 aliphatic carbocycles. The van der Waals surface area contributed by atoms with Crippen LogP contribution in [-0.4, -0.2) is 80.9 Å². The Labute approximate surface area is 108 Å². The van der Waals surface area contributed by atoms with Crippen LogP contribution in [0.15, 0.2) is 0 Å². The molecule has 0 fully saturated rings. The number of nitrogens with zero attached hydrogens (tertiary/aromatic N) is 2. The van der Waals surface area contributed by atoms with Crippen molar-refractivity contribution in [1.82, 2.24) is 15.1 Å². The Morgan fingerprint density at radius 3 is 2.39 bits per heavy atom. The van der Waals surface area contributed by atoms with Crippen LogP contribution in [0.2, 0.25) is 0 Å². The van der Waals surface area contributed by atoms with Crippen molar-refractivity contribution < 1.29 is 19.4 Å². The second-order valence-electron chi connectivity index (χ2n) is 4.21. The molecule has 7 heteroatoms. The average molecular weight is 261 g/mol. The maximum absolute atomic E-state index is 11.5. The maximum Gasteiger partial charge on any atom is 0.317 e. The average Bonchev–Trinajstić information content (AvgIpc) is 2.29. The molecule has 0 unspecified atom stereocenters. The molecule has 2 amide bonds. The van der Waals surface area contributed by atoms with E-state index < -0.39 is 5.97 Å². The highest BCUT2D eigenvalue weighted by atomic mass is 16.5. The molecule has 0 aliphatic heterocycles. The SMILES string of the molecule is CN(C)CCOCCNC(=O)N(C)CCC(=O)O. The van der Waals surface area contributed by atoms with Gasteiger partial charge in [-0.3, -0.25) is 4.79 Å². The predicted molar refractivity (Wildman–Crippen MR) is 67.7 cm³/mol. The van der Waals surface area contributed by atoms with Gasteiger partial charge in [0.15, 0.2) is 0 Å². The summed E-state index contributed by atoms with van der Waals surface area (Å²) in [5.41, 5.74) is 0. The lowest BCUT2D eigenvalue weighted by molar-refractivity contribution is -0.137. The summed E-state index contributed by atoms with van der Waals surface area (Å²) in [4.78, 5) is 25.1. The molecule has 0 bridgehead atoms. The zero-order chi connectivity index (χ0) is 14.0. The van der Waals surface area contributed by atoms with E-state index in [2.05, 4.69) is 5.32 Å². The van der Waals surface area contributed by atoms with E-state index >= 15 is 0 Å². The lowest BCUT2D eigenvalue weighted by Gasteiger charge is -2.17. The van der Waals surface area contributed by atoms with E-state index in [-0.39, 0.29) is 19.0 Å². The molecule has 0 saturated heterocycles. The number of hydrogen-bond acceptors (Lipinski definition) is 4. The number of carboxylic acid groups (broad SMARTS) is 1. The molecule has 0 rings (SSSR count). The summed E-state index contributed by atoms with van der Waals surface area (Å²) in [5, 5.41) is 11.1. The van der Waals surface area contributed by atoms with Crippen molar-refractivity contribution in [2.24, 2.45) is 0 Å². The fourth-order valence-corrected chi connectivity index (χ4v) is 1.08. The van der Waals surface area contributed by atoms with Crippen LogP contribution in [0.4, 0.5) is 4.79 Å². The highest BCUT2D eigenvalue weighted by molar-refractivity contribution is 5.74. The van der Waals surface area contributed by atoms with Gasteiger partial charge in [-0.05, 0) is 14.1 Å². The Morgan fingerprint density at radius 1 is 1.17 bits per heavy atom. The Kier molecular flexibility index (Phi) is 8.95. The van der Waals surface area contributed by atoms with Crippen molar-refractivity contribution >= 4 is 12.0 Å². The highest BCUT2D eigenvalue weighted by Gasteiger charge is 2.08. The van der Waals surface area contributed by atoms with Gasteiger partial charge in [0, 0.05) is 26.7 Å². The first-order chi connectivity index (χ1) is 8.43. The molecule has 0 saturated carbocycles. The fraction of sp³-hybridized carbons (Fsp3) is 0.818. The van der Waals surface area contributed by atoms with Gasteiger partial charge < -0.3 is 25.0 Å². The van der Waals surface area contributed by atoms with E-state index in [0.29, 0.717) is 19.8 Å². The van der Waals surface area contributed by atoms with Crippen molar-refractivity contribution in [3.05, 3.63) is 0 Å². The first kappa shape index (κ1) is 16.7. The van der Waals surface area contributed by atoms with Crippen LogP contribution < -0.4 is 5.32 Å². The number of carbonyl (C=O) groups is 2. The summed E-state index contributed by atoms with van der Waals surface area (Å²) < 4.78 is 5.30. The summed E-state index contributed by atoms with van der Waals surface area (Å²) in [5.74, 6) is -0.915. The monoisotopic (exact) mass is 261 g/mol. The minimum Gasteiger partial charge on any atom is -0.481 e. The molecule has 0 aromatic heterocycles. The summed E-state index contributed by atoms with van der Waals surface area (Å²) in [6, 6.07) is -0.285. The summed E-state index contributed by atoms with van der Waals surface area (Å²) >= 11 is 0. The van der Waals surface area contributed by atoms with Gasteiger partial charge in [0.25, 0.3) is 0 Å². The van der Waals surface area contributed by atoms with Crippen LogP contribution in [0.25, 0.3) is 0 Å². The minimum absolute atomic E-state index is 0.0523. The second kappa shape index (κ2) is 9.67. The first-order valence-electron chi connectivity index (χ1n) is 5.86. The Morgan fingerprint density at radius 2 is 1.83 bits per heavy atom. The smallest absolute Gasteiger partial charge is 0.317 e. The zero-order valence-electron chi connectivity index (χ0n) is 11.3. The van der Waals surface area contributed by atoms with E-state index in [0.717, 1.165) is 6.54 Å². The molecular formula is C11H23N3O4. The topological polar surface area (TPSA) is 82.1 Å².